The Morgan fingerprint density at radius 2 is 1.60 bits per heavy atom. The van der Waals surface area contributed by atoms with Crippen LogP contribution in [-0.2, 0) is 19.9 Å². The molecule has 0 saturated carbocycles. The molecular formula is C36H44N4O8S2. The summed E-state index contributed by atoms with van der Waals surface area (Å²) in [6, 6.07) is 20.5. The molecule has 3 heterocycles. The van der Waals surface area contributed by atoms with Gasteiger partial charge >= 0.3 is 0 Å². The van der Waals surface area contributed by atoms with E-state index in [0.29, 0.717) is 41.3 Å². The van der Waals surface area contributed by atoms with Gasteiger partial charge in [0.05, 0.1) is 53.8 Å². The lowest BCUT2D eigenvalue weighted by molar-refractivity contribution is 0.0572. The molecule has 268 valence electrons. The zero-order chi connectivity index (χ0) is 35.6. The van der Waals surface area contributed by atoms with Crippen molar-refractivity contribution in [1.29, 1.82) is 0 Å². The van der Waals surface area contributed by atoms with E-state index in [1.54, 1.807) is 24.3 Å². The summed E-state index contributed by atoms with van der Waals surface area (Å²) in [7, 11) is -4.22. The summed E-state index contributed by atoms with van der Waals surface area (Å²) in [5.74, 6) is -0.450. The fraction of sp³-hybridized carbons (Fsp3) is 0.444. The predicted molar refractivity (Wildman–Crippen MR) is 191 cm³/mol. The summed E-state index contributed by atoms with van der Waals surface area (Å²) in [5.41, 5.74) is 3.31. The van der Waals surface area contributed by atoms with Gasteiger partial charge < -0.3 is 14.4 Å². The second kappa shape index (κ2) is 14.7. The number of benzene rings is 3. The van der Waals surface area contributed by atoms with Gasteiger partial charge in [-0.05, 0) is 61.6 Å². The molecule has 0 aromatic heterocycles. The van der Waals surface area contributed by atoms with E-state index in [-0.39, 0.29) is 37.6 Å². The van der Waals surface area contributed by atoms with Crippen LogP contribution in [0.1, 0.15) is 70.1 Å². The fourth-order valence-corrected chi connectivity index (χ4v) is 11.4. The number of anilines is 1. The van der Waals surface area contributed by atoms with Crippen molar-refractivity contribution in [2.75, 3.05) is 63.3 Å². The molecule has 3 aromatic carbocycles. The van der Waals surface area contributed by atoms with E-state index in [1.165, 1.54) is 24.7 Å². The van der Waals surface area contributed by atoms with E-state index in [4.69, 9.17) is 9.47 Å². The number of nitrogens with zero attached hydrogens (tertiary/aromatic N) is 3. The van der Waals surface area contributed by atoms with E-state index in [0.717, 1.165) is 18.8 Å². The molecule has 12 nitrogen and oxygen atoms in total. The highest BCUT2D eigenvalue weighted by atomic mass is 32.2. The van der Waals surface area contributed by atoms with Gasteiger partial charge in [-0.1, -0.05) is 42.5 Å². The number of amides is 2. The molecule has 2 unspecified atom stereocenters. The average Bonchev–Trinajstić information content (AvgIpc) is 3.63. The normalized spacial score (nSPS) is 20.5. The molecule has 3 aliphatic rings. The third-order valence-corrected chi connectivity index (χ3v) is 14.0. The zero-order valence-corrected chi connectivity index (χ0v) is 30.2. The molecule has 6 rings (SSSR count). The van der Waals surface area contributed by atoms with Gasteiger partial charge in [0.25, 0.3) is 11.8 Å². The van der Waals surface area contributed by atoms with E-state index in [9.17, 15) is 26.4 Å². The van der Waals surface area contributed by atoms with Gasteiger partial charge in [-0.3, -0.25) is 19.4 Å². The van der Waals surface area contributed by atoms with Crippen LogP contribution in [0.3, 0.4) is 0 Å². The number of hydrogen-bond donors (Lipinski definition) is 1. The predicted octanol–water partition coefficient (Wildman–Crippen LogP) is 3.81. The summed E-state index contributed by atoms with van der Waals surface area (Å²) in [4.78, 5) is 34.4. The zero-order valence-electron chi connectivity index (χ0n) is 28.6. The minimum Gasteiger partial charge on any atom is -0.493 e. The molecule has 3 aromatic rings. The van der Waals surface area contributed by atoms with Gasteiger partial charge in [-0.25, -0.2) is 21.6 Å². The number of imide groups is 1. The largest absolute Gasteiger partial charge is 0.493 e. The first-order valence-electron chi connectivity index (χ1n) is 16.9. The molecule has 0 aliphatic carbocycles. The average molecular weight is 725 g/mol. The molecule has 2 saturated heterocycles. The number of fused-ring (bicyclic) bond motifs is 1. The van der Waals surface area contributed by atoms with Crippen molar-refractivity contribution in [3.63, 3.8) is 0 Å². The van der Waals surface area contributed by atoms with Crippen LogP contribution in [0.5, 0.6) is 11.5 Å². The SMILES string of the molecule is COc1ccc(C(CCCNS(=O)(=O)[C@@H]2CCS(=O)(=O)C2)N2C(=O)c3cccc(N4CCN(C(C)c5ccccc5)CC4)c3C2=O)cc1OC. The van der Waals surface area contributed by atoms with Crippen LogP contribution in [0.4, 0.5) is 5.69 Å². The van der Waals surface area contributed by atoms with Crippen molar-refractivity contribution in [3.05, 3.63) is 89.0 Å². The highest BCUT2D eigenvalue weighted by molar-refractivity contribution is 7.95. The Hall–Kier alpha value is -3.98. The maximum absolute atomic E-state index is 14.4. The Balaban J connectivity index is 1.22. The third-order valence-electron chi connectivity index (χ3n) is 10.1. The quantitative estimate of drug-likeness (QED) is 0.204. The van der Waals surface area contributed by atoms with Crippen molar-refractivity contribution in [1.82, 2.24) is 14.5 Å². The van der Waals surface area contributed by atoms with Gasteiger partial charge in [0.2, 0.25) is 10.0 Å². The summed E-state index contributed by atoms with van der Waals surface area (Å²) in [6.07, 6.45) is 0.585. The third kappa shape index (κ3) is 7.25. The number of rotatable bonds is 13. The van der Waals surface area contributed by atoms with Crippen LogP contribution in [0.25, 0.3) is 0 Å². The number of sulfone groups is 1. The minimum atomic E-state index is -3.86. The van der Waals surface area contributed by atoms with Crippen LogP contribution in [0.15, 0.2) is 66.7 Å². The topological polar surface area (TPSA) is 143 Å². The summed E-state index contributed by atoms with van der Waals surface area (Å²) in [6.45, 7) is 5.19. The number of sulfonamides is 1. The highest BCUT2D eigenvalue weighted by Gasteiger charge is 2.43. The molecule has 3 aliphatic heterocycles. The van der Waals surface area contributed by atoms with Crippen LogP contribution >= 0.6 is 0 Å². The number of hydrogen-bond acceptors (Lipinski definition) is 10. The summed E-state index contributed by atoms with van der Waals surface area (Å²) >= 11 is 0. The summed E-state index contributed by atoms with van der Waals surface area (Å²) < 4.78 is 63.1. The van der Waals surface area contributed by atoms with E-state index >= 15 is 0 Å². The van der Waals surface area contributed by atoms with Gasteiger partial charge in [0, 0.05) is 38.8 Å². The van der Waals surface area contributed by atoms with Gasteiger partial charge in [-0.2, -0.15) is 0 Å². The van der Waals surface area contributed by atoms with Gasteiger partial charge in [-0.15, -0.1) is 0 Å². The van der Waals surface area contributed by atoms with Gasteiger partial charge in [0.1, 0.15) is 0 Å². The molecule has 0 bridgehead atoms. The fourth-order valence-electron chi connectivity index (χ4n) is 7.26. The lowest BCUT2D eigenvalue weighted by atomic mass is 9.99. The molecule has 1 N–H and O–H groups in total. The molecule has 0 radical (unpaired) electrons. The van der Waals surface area contributed by atoms with Crippen molar-refractivity contribution in [2.45, 2.75) is 43.5 Å². The molecule has 0 spiro atoms. The maximum Gasteiger partial charge on any atom is 0.264 e. The lowest BCUT2D eigenvalue weighted by Gasteiger charge is -2.39. The van der Waals surface area contributed by atoms with Crippen LogP contribution < -0.4 is 19.1 Å². The van der Waals surface area contributed by atoms with Crippen LogP contribution in [-0.4, -0.2) is 102 Å². The van der Waals surface area contributed by atoms with Crippen molar-refractivity contribution >= 4 is 37.4 Å². The Labute approximate surface area is 294 Å². The van der Waals surface area contributed by atoms with E-state index in [2.05, 4.69) is 33.6 Å². The molecule has 2 fully saturated rings. The van der Waals surface area contributed by atoms with Crippen molar-refractivity contribution < 1.29 is 35.9 Å². The minimum absolute atomic E-state index is 0.0166. The molecule has 50 heavy (non-hydrogen) atoms. The Bertz CT molecular complexity index is 1950. The Kier molecular flexibility index (Phi) is 10.5. The molecule has 2 amide bonds. The van der Waals surface area contributed by atoms with Crippen LogP contribution in [0.2, 0.25) is 0 Å². The first-order valence-corrected chi connectivity index (χ1v) is 20.3. The van der Waals surface area contributed by atoms with Crippen molar-refractivity contribution in [3.8, 4) is 11.5 Å². The van der Waals surface area contributed by atoms with Crippen LogP contribution in [0, 0.1) is 0 Å². The maximum atomic E-state index is 14.4. The second-order valence-electron chi connectivity index (χ2n) is 13.0. The molecular weight excluding hydrogens is 681 g/mol. The monoisotopic (exact) mass is 724 g/mol. The Morgan fingerprint density at radius 1 is 0.880 bits per heavy atom. The second-order valence-corrected chi connectivity index (χ2v) is 17.3. The summed E-state index contributed by atoms with van der Waals surface area (Å²) in [5, 5.41) is -0.993. The number of carbonyl (C=O) groups excluding carboxylic acids is 2. The lowest BCUT2D eigenvalue weighted by Crippen LogP contribution is -2.47. The molecule has 14 heteroatoms. The van der Waals surface area contributed by atoms with E-state index < -0.39 is 48.7 Å². The standard InChI is InChI=1S/C36H44N4O8S2/c1-25(26-9-5-4-6-10-26)38-18-20-39(21-19-38)31-12-7-11-29-34(31)36(42)40(35(29)41)30(27-14-15-32(47-2)33(23-27)48-3)13-8-17-37-50(45,46)28-16-22-49(43,44)24-28/h4-7,9-12,14-15,23,25,28,30,37H,8,13,16-22,24H2,1-3H3/t25?,28-,30?/m1/s1. The van der Waals surface area contributed by atoms with E-state index in [1.807, 2.05) is 30.3 Å². The van der Waals surface area contributed by atoms with Gasteiger partial charge in [0.15, 0.2) is 21.3 Å². The Morgan fingerprint density at radius 3 is 2.26 bits per heavy atom. The first kappa shape index (κ1) is 35.8. The number of nitrogens with one attached hydrogen (secondary N) is 1. The smallest absolute Gasteiger partial charge is 0.264 e. The number of methoxy groups -OCH3 is 2. The van der Waals surface area contributed by atoms with Crippen molar-refractivity contribution in [2.24, 2.45) is 0 Å². The molecule has 3 atom stereocenters. The highest BCUT2D eigenvalue weighted by Crippen LogP contribution is 2.41. The number of carbonyl (C=O) groups is 2. The number of ether oxygens (including phenoxy) is 2. The number of piperazine rings is 1. The first-order chi connectivity index (χ1) is 23.9.